The van der Waals surface area contributed by atoms with Crippen molar-refractivity contribution in [2.45, 2.75) is 98.1 Å². The molecule has 180 valence electrons. The molecule has 0 amide bonds. The van der Waals surface area contributed by atoms with Crippen LogP contribution in [0.3, 0.4) is 0 Å². The van der Waals surface area contributed by atoms with Gasteiger partial charge in [0.2, 0.25) is 0 Å². The fraction of sp³-hybridized carbons (Fsp3) is 1.00. The summed E-state index contributed by atoms with van der Waals surface area (Å²) in [5.41, 5.74) is 0.814. The van der Waals surface area contributed by atoms with Crippen LogP contribution in [0, 0.1) is 28.1 Å². The minimum Gasteiger partial charge on any atom is -0.395 e. The van der Waals surface area contributed by atoms with Crippen molar-refractivity contribution in [3.8, 4) is 0 Å². The van der Waals surface area contributed by atoms with Crippen LogP contribution in [0.1, 0.15) is 79.6 Å². The number of β-amino-alcohol motifs (C(OH)–C–C–N with tert-alkyl or cyclic N) is 1. The fourth-order valence-electron chi connectivity index (χ4n) is 8.08. The molecule has 5 heteroatoms. The Morgan fingerprint density at radius 3 is 2.45 bits per heavy atom. The van der Waals surface area contributed by atoms with Crippen LogP contribution in [-0.4, -0.2) is 68.0 Å². The third-order valence-electron chi connectivity index (χ3n) is 9.79. The van der Waals surface area contributed by atoms with E-state index in [1.54, 1.807) is 0 Å². The highest BCUT2D eigenvalue weighted by atomic mass is 16.7. The third kappa shape index (κ3) is 4.59. The monoisotopic (exact) mass is 437 g/mol. The van der Waals surface area contributed by atoms with Gasteiger partial charge in [0.05, 0.1) is 25.4 Å². The van der Waals surface area contributed by atoms with E-state index in [9.17, 15) is 0 Å². The van der Waals surface area contributed by atoms with Gasteiger partial charge in [-0.3, -0.25) is 0 Å². The number of piperidine rings is 1. The van der Waals surface area contributed by atoms with Crippen LogP contribution < -0.4 is 0 Å². The molecule has 1 N–H and O–H groups in total. The fourth-order valence-corrected chi connectivity index (χ4v) is 8.08. The zero-order valence-electron chi connectivity index (χ0n) is 20.7. The predicted octanol–water partition coefficient (Wildman–Crippen LogP) is 4.47. The molecule has 4 rings (SSSR count). The number of aliphatic hydroxyl groups is 1. The Labute approximate surface area is 190 Å². The largest absolute Gasteiger partial charge is 0.395 e. The molecule has 2 aliphatic carbocycles. The second kappa shape index (κ2) is 9.21. The van der Waals surface area contributed by atoms with Crippen molar-refractivity contribution in [2.75, 3.05) is 39.5 Å². The van der Waals surface area contributed by atoms with Crippen molar-refractivity contribution in [3.63, 3.8) is 0 Å². The number of nitrogens with zero attached hydrogens (tertiary/aromatic N) is 1. The van der Waals surface area contributed by atoms with Gasteiger partial charge >= 0.3 is 0 Å². The number of likely N-dealkylation sites (tertiary alicyclic amines) is 1. The van der Waals surface area contributed by atoms with Crippen molar-refractivity contribution in [3.05, 3.63) is 0 Å². The highest BCUT2D eigenvalue weighted by Crippen LogP contribution is 2.66. The summed E-state index contributed by atoms with van der Waals surface area (Å²) in [7, 11) is 0. The Balaban J connectivity index is 1.40. The molecule has 2 saturated heterocycles. The van der Waals surface area contributed by atoms with Crippen LogP contribution in [0.2, 0.25) is 0 Å². The van der Waals surface area contributed by atoms with Gasteiger partial charge in [-0.1, -0.05) is 27.7 Å². The summed E-state index contributed by atoms with van der Waals surface area (Å²) in [5.74, 6) is 1.33. The molecule has 0 radical (unpaired) electrons. The maximum atomic E-state index is 9.15. The number of hydrogen-bond donors (Lipinski definition) is 1. The van der Waals surface area contributed by atoms with E-state index in [-0.39, 0.29) is 18.3 Å². The molecule has 0 aromatic rings. The molecule has 0 aromatic carbocycles. The summed E-state index contributed by atoms with van der Waals surface area (Å²) >= 11 is 0. The van der Waals surface area contributed by atoms with Gasteiger partial charge in [0, 0.05) is 31.7 Å². The summed E-state index contributed by atoms with van der Waals surface area (Å²) in [5, 5.41) is 9.15. The quantitative estimate of drug-likeness (QED) is 0.664. The van der Waals surface area contributed by atoms with Crippen LogP contribution in [0.15, 0.2) is 0 Å². The number of aliphatic hydroxyl groups excluding tert-OH is 1. The minimum atomic E-state index is -0.0598. The van der Waals surface area contributed by atoms with Crippen molar-refractivity contribution in [1.29, 1.82) is 0 Å². The van der Waals surface area contributed by atoms with E-state index in [1.807, 2.05) is 6.92 Å². The van der Waals surface area contributed by atoms with E-state index in [2.05, 4.69) is 32.6 Å². The molecule has 1 unspecified atom stereocenters. The van der Waals surface area contributed by atoms with E-state index < -0.39 is 0 Å². The van der Waals surface area contributed by atoms with Gasteiger partial charge in [0.25, 0.3) is 0 Å². The highest BCUT2D eigenvalue weighted by molar-refractivity contribution is 5.10. The zero-order chi connectivity index (χ0) is 22.3. The first-order valence-corrected chi connectivity index (χ1v) is 12.9. The minimum absolute atomic E-state index is 0.0598. The van der Waals surface area contributed by atoms with Crippen molar-refractivity contribution in [2.24, 2.45) is 28.1 Å². The van der Waals surface area contributed by atoms with E-state index in [0.717, 1.165) is 58.5 Å². The first-order valence-electron chi connectivity index (χ1n) is 12.9. The molecule has 2 saturated carbocycles. The summed E-state index contributed by atoms with van der Waals surface area (Å²) in [6.45, 7) is 17.0. The normalized spacial score (nSPS) is 43.9. The number of hydrogen-bond acceptors (Lipinski definition) is 5. The molecule has 6 atom stereocenters. The second-order valence-corrected chi connectivity index (χ2v) is 12.1. The van der Waals surface area contributed by atoms with E-state index in [1.165, 1.54) is 19.3 Å². The van der Waals surface area contributed by atoms with Gasteiger partial charge < -0.3 is 24.2 Å². The smallest absolute Gasteiger partial charge is 0.155 e. The van der Waals surface area contributed by atoms with Crippen LogP contribution in [0.4, 0.5) is 0 Å². The van der Waals surface area contributed by atoms with Crippen molar-refractivity contribution in [1.82, 2.24) is 4.90 Å². The zero-order valence-corrected chi connectivity index (χ0v) is 20.7. The van der Waals surface area contributed by atoms with Crippen LogP contribution in [-0.2, 0) is 14.2 Å². The average molecular weight is 438 g/mol. The van der Waals surface area contributed by atoms with Crippen molar-refractivity contribution >= 4 is 0 Å². The molecule has 31 heavy (non-hydrogen) atoms. The molecule has 0 aromatic heterocycles. The summed E-state index contributed by atoms with van der Waals surface area (Å²) in [6.07, 6.45) is 9.03. The average Bonchev–Trinajstić information content (AvgIpc) is 2.72. The predicted molar refractivity (Wildman–Crippen MR) is 123 cm³/mol. The van der Waals surface area contributed by atoms with E-state index in [4.69, 9.17) is 19.3 Å². The van der Waals surface area contributed by atoms with Gasteiger partial charge in [0.1, 0.15) is 0 Å². The van der Waals surface area contributed by atoms with Crippen LogP contribution in [0.25, 0.3) is 0 Å². The number of fused-ring (bicyclic) bond motifs is 3. The lowest BCUT2D eigenvalue weighted by Gasteiger charge is -2.65. The summed E-state index contributed by atoms with van der Waals surface area (Å²) in [4.78, 5) is 2.35. The Morgan fingerprint density at radius 1 is 1.00 bits per heavy atom. The second-order valence-electron chi connectivity index (χ2n) is 12.1. The molecule has 2 aliphatic heterocycles. The van der Waals surface area contributed by atoms with E-state index in [0.29, 0.717) is 34.9 Å². The number of rotatable bonds is 6. The van der Waals surface area contributed by atoms with Gasteiger partial charge in [-0.25, -0.2) is 0 Å². The number of ether oxygens (including phenoxy) is 3. The highest BCUT2D eigenvalue weighted by Gasteiger charge is 2.62. The molecular formula is C26H47NO4. The first kappa shape index (κ1) is 23.9. The molecule has 5 nitrogen and oxygen atoms in total. The SMILES string of the molecule is C[C@@H]1OC[C@@]2(C)C3CCC(C)(C)[C@@H](CCOC4CCN(CCO)CC4)[C@]3(C)CC[C@H]2O1. The Kier molecular flexibility index (Phi) is 7.11. The lowest BCUT2D eigenvalue weighted by molar-refractivity contribution is -0.305. The molecular weight excluding hydrogens is 390 g/mol. The molecule has 4 fully saturated rings. The van der Waals surface area contributed by atoms with E-state index >= 15 is 0 Å². The standard InChI is InChI=1S/C26H47NO4/c1-19-30-18-26(5)22-6-11-24(2,3)21(25(22,4)12-7-23(26)31-19)10-17-29-20-8-13-27(14-9-20)15-16-28/h19-23,28H,6-18H2,1-5H3/t19-,21-,22?,23-,25+,26+/m1/s1. The summed E-state index contributed by atoms with van der Waals surface area (Å²) in [6, 6.07) is 0. The molecule has 4 aliphatic rings. The van der Waals surface area contributed by atoms with Gasteiger partial charge in [-0.2, -0.15) is 0 Å². The van der Waals surface area contributed by atoms with Crippen molar-refractivity contribution < 1.29 is 19.3 Å². The van der Waals surface area contributed by atoms with Gasteiger partial charge in [-0.15, -0.1) is 0 Å². The lowest BCUT2D eigenvalue weighted by atomic mass is 9.42. The maximum Gasteiger partial charge on any atom is 0.155 e. The lowest BCUT2D eigenvalue weighted by Crippen LogP contribution is -2.63. The third-order valence-corrected chi connectivity index (χ3v) is 9.79. The molecule has 0 spiro atoms. The Morgan fingerprint density at radius 2 is 1.74 bits per heavy atom. The summed E-state index contributed by atoms with van der Waals surface area (Å²) < 4.78 is 18.8. The topological polar surface area (TPSA) is 51.2 Å². The first-order chi connectivity index (χ1) is 14.7. The van der Waals surface area contributed by atoms with Gasteiger partial charge in [0.15, 0.2) is 6.29 Å². The molecule has 0 bridgehead atoms. The van der Waals surface area contributed by atoms with Crippen LogP contribution >= 0.6 is 0 Å². The van der Waals surface area contributed by atoms with Crippen LogP contribution in [0.5, 0.6) is 0 Å². The Bertz CT molecular complexity index is 604. The Hall–Kier alpha value is -0.200. The molecule has 2 heterocycles. The van der Waals surface area contributed by atoms with Gasteiger partial charge in [-0.05, 0) is 74.5 Å². The maximum absolute atomic E-state index is 9.15.